The summed E-state index contributed by atoms with van der Waals surface area (Å²) in [5, 5.41) is 5.36. The average Bonchev–Trinajstić information content (AvgIpc) is 3.74. The quantitative estimate of drug-likeness (QED) is 0.180. The number of para-hydroxylation sites is 2. The molecule has 0 saturated carbocycles. The Morgan fingerprint density at radius 1 is 0.451 bits per heavy atom. The Labute approximate surface area is 302 Å². The Hall–Kier alpha value is -6.14. The molecule has 6 heteroatoms. The second-order valence-corrected chi connectivity index (χ2v) is 14.0. The molecule has 0 fully saturated rings. The first-order valence-electron chi connectivity index (χ1n) is 16.8. The molecule has 0 aliphatic rings. The highest BCUT2D eigenvalue weighted by Gasteiger charge is 2.21. The minimum Gasteiger partial charge on any atom is -0.309 e. The molecule has 0 amide bonds. The summed E-state index contributed by atoms with van der Waals surface area (Å²) in [6.07, 6.45) is 0. The molecule has 10 aromatic rings. The number of thiophene rings is 1. The molecular weight excluding hydrogens is 664 g/mol. The molecule has 0 spiro atoms. The number of hydrogen-bond acceptors (Lipinski definition) is 4. The van der Waals surface area contributed by atoms with Crippen molar-refractivity contribution in [3.63, 3.8) is 0 Å². The first-order valence-corrected chi connectivity index (χ1v) is 18.0. The number of aromatic nitrogens is 4. The smallest absolute Gasteiger partial charge is 0.164 e. The summed E-state index contributed by atoms with van der Waals surface area (Å²) >= 11 is 8.56. The molecule has 0 N–H and O–H groups in total. The zero-order valence-electron chi connectivity index (χ0n) is 27.2. The monoisotopic (exact) mass is 690 g/mol. The molecule has 51 heavy (non-hydrogen) atoms. The van der Waals surface area contributed by atoms with Crippen LogP contribution in [0.2, 0.25) is 5.02 Å². The van der Waals surface area contributed by atoms with Gasteiger partial charge in [-0.15, -0.1) is 11.3 Å². The summed E-state index contributed by atoms with van der Waals surface area (Å²) < 4.78 is 4.77. The van der Waals surface area contributed by atoms with E-state index >= 15 is 0 Å². The van der Waals surface area contributed by atoms with Gasteiger partial charge in [0.2, 0.25) is 0 Å². The molecule has 3 aromatic heterocycles. The summed E-state index contributed by atoms with van der Waals surface area (Å²) in [5.41, 5.74) is 8.15. The summed E-state index contributed by atoms with van der Waals surface area (Å²) in [6, 6.07) is 56.6. The molecule has 3 heterocycles. The first-order chi connectivity index (χ1) is 25.2. The molecule has 0 aliphatic heterocycles. The van der Waals surface area contributed by atoms with Gasteiger partial charge in [0.15, 0.2) is 17.5 Å². The molecule has 7 aromatic carbocycles. The Morgan fingerprint density at radius 2 is 1.08 bits per heavy atom. The summed E-state index contributed by atoms with van der Waals surface area (Å²) in [6.45, 7) is 0. The molecular formula is C45H27ClN4S. The van der Waals surface area contributed by atoms with Crippen molar-refractivity contribution in [1.29, 1.82) is 0 Å². The topological polar surface area (TPSA) is 43.6 Å². The Morgan fingerprint density at radius 3 is 1.92 bits per heavy atom. The third-order valence-electron chi connectivity index (χ3n) is 9.54. The lowest BCUT2D eigenvalue weighted by atomic mass is 9.97. The van der Waals surface area contributed by atoms with E-state index < -0.39 is 0 Å². The van der Waals surface area contributed by atoms with Gasteiger partial charge in [-0.1, -0.05) is 127 Å². The van der Waals surface area contributed by atoms with E-state index in [0.29, 0.717) is 22.5 Å². The highest BCUT2D eigenvalue weighted by Crippen LogP contribution is 2.44. The SMILES string of the molecule is Clc1ccc(-c2nc(-c3ccccc3)nc(-c3cccc4c3c3ccccc3n4-c3ccccc3)n2)c(-c2cccc3c2sc2ccccc23)c1. The van der Waals surface area contributed by atoms with E-state index in [-0.39, 0.29) is 0 Å². The lowest BCUT2D eigenvalue weighted by molar-refractivity contribution is 1.08. The third-order valence-corrected chi connectivity index (χ3v) is 11.0. The van der Waals surface area contributed by atoms with Crippen molar-refractivity contribution in [2.75, 3.05) is 0 Å². The van der Waals surface area contributed by atoms with Crippen molar-refractivity contribution in [3.8, 4) is 51.0 Å². The van der Waals surface area contributed by atoms with Crippen molar-refractivity contribution in [2.24, 2.45) is 0 Å². The Bertz CT molecular complexity index is 2930. The van der Waals surface area contributed by atoms with E-state index in [9.17, 15) is 0 Å². The summed E-state index contributed by atoms with van der Waals surface area (Å²) in [5.74, 6) is 1.81. The van der Waals surface area contributed by atoms with E-state index in [1.807, 2.05) is 54.6 Å². The largest absolute Gasteiger partial charge is 0.309 e. The third kappa shape index (κ3) is 4.93. The fraction of sp³-hybridized carbons (Fsp3) is 0. The number of benzene rings is 7. The zero-order valence-corrected chi connectivity index (χ0v) is 28.7. The number of fused-ring (bicyclic) bond motifs is 6. The van der Waals surface area contributed by atoms with E-state index in [1.54, 1.807) is 11.3 Å². The van der Waals surface area contributed by atoms with Crippen LogP contribution in [0.25, 0.3) is 93.0 Å². The van der Waals surface area contributed by atoms with Crippen molar-refractivity contribution in [2.45, 2.75) is 0 Å². The molecule has 0 aliphatic carbocycles. The van der Waals surface area contributed by atoms with Gasteiger partial charge in [0.25, 0.3) is 0 Å². The van der Waals surface area contributed by atoms with Crippen molar-refractivity contribution >= 4 is 64.9 Å². The van der Waals surface area contributed by atoms with Gasteiger partial charge in [0, 0.05) is 63.9 Å². The predicted molar refractivity (Wildman–Crippen MR) is 214 cm³/mol. The van der Waals surface area contributed by atoms with Gasteiger partial charge < -0.3 is 4.57 Å². The number of hydrogen-bond donors (Lipinski definition) is 0. The van der Waals surface area contributed by atoms with Gasteiger partial charge in [-0.25, -0.2) is 15.0 Å². The van der Waals surface area contributed by atoms with Crippen LogP contribution in [0.4, 0.5) is 0 Å². The van der Waals surface area contributed by atoms with Crippen molar-refractivity contribution in [3.05, 3.63) is 169 Å². The maximum Gasteiger partial charge on any atom is 0.164 e. The minimum absolute atomic E-state index is 0.590. The molecule has 10 rings (SSSR count). The van der Waals surface area contributed by atoms with Crippen LogP contribution in [0, 0.1) is 0 Å². The maximum absolute atomic E-state index is 6.76. The Kier molecular flexibility index (Phi) is 7.01. The fourth-order valence-electron chi connectivity index (χ4n) is 7.29. The van der Waals surface area contributed by atoms with E-state index in [4.69, 9.17) is 26.6 Å². The van der Waals surface area contributed by atoms with Gasteiger partial charge in [-0.3, -0.25) is 0 Å². The van der Waals surface area contributed by atoms with E-state index in [0.717, 1.165) is 55.3 Å². The lowest BCUT2D eigenvalue weighted by Gasteiger charge is -2.14. The maximum atomic E-state index is 6.76. The molecule has 240 valence electrons. The molecule has 0 atom stereocenters. The summed E-state index contributed by atoms with van der Waals surface area (Å²) in [7, 11) is 0. The van der Waals surface area contributed by atoms with Crippen LogP contribution in [0.1, 0.15) is 0 Å². The van der Waals surface area contributed by atoms with Crippen LogP contribution in [0.3, 0.4) is 0 Å². The molecule has 0 bridgehead atoms. The predicted octanol–water partition coefficient (Wildman–Crippen LogP) is 12.7. The second-order valence-electron chi connectivity index (χ2n) is 12.5. The lowest BCUT2D eigenvalue weighted by Crippen LogP contribution is -2.01. The highest BCUT2D eigenvalue weighted by molar-refractivity contribution is 7.26. The van der Waals surface area contributed by atoms with Gasteiger partial charge in [0.1, 0.15) is 0 Å². The van der Waals surface area contributed by atoms with Crippen molar-refractivity contribution in [1.82, 2.24) is 19.5 Å². The van der Waals surface area contributed by atoms with Crippen LogP contribution >= 0.6 is 22.9 Å². The molecule has 0 saturated heterocycles. The van der Waals surface area contributed by atoms with E-state index in [1.165, 1.54) is 20.2 Å². The highest BCUT2D eigenvalue weighted by atomic mass is 35.5. The van der Waals surface area contributed by atoms with Gasteiger partial charge >= 0.3 is 0 Å². The number of nitrogens with zero attached hydrogens (tertiary/aromatic N) is 4. The molecule has 4 nitrogen and oxygen atoms in total. The molecule has 0 unspecified atom stereocenters. The van der Waals surface area contributed by atoms with Gasteiger partial charge in [-0.05, 0) is 54.1 Å². The van der Waals surface area contributed by atoms with E-state index in [2.05, 4.69) is 114 Å². The van der Waals surface area contributed by atoms with Crippen LogP contribution < -0.4 is 0 Å². The number of halogens is 1. The summed E-state index contributed by atoms with van der Waals surface area (Å²) in [4.78, 5) is 15.7. The van der Waals surface area contributed by atoms with Crippen LogP contribution in [0.15, 0.2) is 164 Å². The van der Waals surface area contributed by atoms with Crippen LogP contribution in [-0.2, 0) is 0 Å². The average molecular weight is 691 g/mol. The van der Waals surface area contributed by atoms with Gasteiger partial charge in [-0.2, -0.15) is 0 Å². The zero-order chi connectivity index (χ0) is 33.9. The number of rotatable bonds is 5. The van der Waals surface area contributed by atoms with Gasteiger partial charge in [0.05, 0.1) is 11.0 Å². The first kappa shape index (κ1) is 29.7. The molecule has 0 radical (unpaired) electrons. The minimum atomic E-state index is 0.590. The normalized spacial score (nSPS) is 11.6. The van der Waals surface area contributed by atoms with Crippen LogP contribution in [0.5, 0.6) is 0 Å². The fourth-order valence-corrected chi connectivity index (χ4v) is 8.69. The second kappa shape index (κ2) is 12.0. The Balaban J connectivity index is 1.25. The van der Waals surface area contributed by atoms with Crippen molar-refractivity contribution < 1.29 is 0 Å². The van der Waals surface area contributed by atoms with Crippen LogP contribution in [-0.4, -0.2) is 19.5 Å². The standard InChI is InChI=1S/C45H27ClN4S/c46-29-25-26-34(37(27-29)33-20-11-19-32-31-17-8-10-24-40(31)51-42(32)33)44-47-43(28-13-3-1-4-14-28)48-45(49-44)36-21-12-23-39-41(36)35-18-7-9-22-38(35)50(39)30-15-5-2-6-16-30/h1-27H.